The normalized spacial score (nSPS) is 18.6. The molecule has 0 amide bonds. The Bertz CT molecular complexity index is 347. The zero-order valence-electron chi connectivity index (χ0n) is 17.0. The van der Waals surface area contributed by atoms with Gasteiger partial charge >= 0.3 is 0 Å². The summed E-state index contributed by atoms with van der Waals surface area (Å²) in [5.41, 5.74) is 0. The van der Waals surface area contributed by atoms with Crippen LogP contribution in [0.1, 0.15) is 53.4 Å². The maximum absolute atomic E-state index is 5.67. The van der Waals surface area contributed by atoms with Crippen molar-refractivity contribution in [2.24, 2.45) is 4.99 Å². The summed E-state index contributed by atoms with van der Waals surface area (Å²) in [5.74, 6) is 0.875. The van der Waals surface area contributed by atoms with Crippen LogP contribution in [0.5, 0.6) is 0 Å². The minimum atomic E-state index is 0.318. The highest BCUT2D eigenvalue weighted by Crippen LogP contribution is 2.11. The topological polar surface area (TPSA) is 58.1 Å². The van der Waals surface area contributed by atoms with E-state index in [2.05, 4.69) is 48.2 Å². The Kier molecular flexibility index (Phi) is 11.9. The van der Waals surface area contributed by atoms with E-state index in [1.807, 2.05) is 7.05 Å². The van der Waals surface area contributed by atoms with Crippen LogP contribution >= 0.6 is 0 Å². The first-order chi connectivity index (χ1) is 12.0. The van der Waals surface area contributed by atoms with Crippen molar-refractivity contribution in [1.82, 2.24) is 15.5 Å². The smallest absolute Gasteiger partial charge is 0.190 e. The Morgan fingerprint density at radius 3 is 2.40 bits per heavy atom. The number of hydrogen-bond donors (Lipinski definition) is 2. The number of guanidine groups is 1. The van der Waals surface area contributed by atoms with Gasteiger partial charge in [0.1, 0.15) is 0 Å². The number of ether oxygens (including phenoxy) is 2. The maximum atomic E-state index is 5.67. The lowest BCUT2D eigenvalue weighted by Crippen LogP contribution is -2.41. The van der Waals surface area contributed by atoms with E-state index in [1.165, 1.54) is 6.42 Å². The number of hydrogen-bond acceptors (Lipinski definition) is 4. The number of aliphatic imine (C=N–C) groups is 1. The molecule has 0 aliphatic carbocycles. The quantitative estimate of drug-likeness (QED) is 0.319. The van der Waals surface area contributed by atoms with Crippen LogP contribution in [0.25, 0.3) is 0 Å². The van der Waals surface area contributed by atoms with E-state index in [0.29, 0.717) is 18.2 Å². The third-order valence-electron chi connectivity index (χ3n) is 4.52. The van der Waals surface area contributed by atoms with Crippen molar-refractivity contribution in [2.45, 2.75) is 71.6 Å². The van der Waals surface area contributed by atoms with Gasteiger partial charge in [0.2, 0.25) is 0 Å². The SMILES string of the molecule is CN=C(NCCCOCC1CCCO1)NCCCN(C(C)C)C(C)C. The molecule has 0 aromatic rings. The van der Waals surface area contributed by atoms with E-state index >= 15 is 0 Å². The van der Waals surface area contributed by atoms with E-state index in [4.69, 9.17) is 9.47 Å². The molecule has 2 N–H and O–H groups in total. The summed E-state index contributed by atoms with van der Waals surface area (Å²) < 4.78 is 11.2. The highest BCUT2D eigenvalue weighted by atomic mass is 16.5. The van der Waals surface area contributed by atoms with Crippen LogP contribution in [0.3, 0.4) is 0 Å². The molecule has 6 heteroatoms. The van der Waals surface area contributed by atoms with Gasteiger partial charge in [0, 0.05) is 52.0 Å². The molecule has 1 fully saturated rings. The molecule has 0 radical (unpaired) electrons. The maximum Gasteiger partial charge on any atom is 0.190 e. The van der Waals surface area contributed by atoms with Crippen LogP contribution in [-0.4, -0.2) is 75.5 Å². The summed E-state index contributed by atoms with van der Waals surface area (Å²) in [6, 6.07) is 1.18. The second kappa shape index (κ2) is 13.4. The molecule has 1 aliphatic rings. The van der Waals surface area contributed by atoms with Crippen LogP contribution in [0, 0.1) is 0 Å². The molecule has 6 nitrogen and oxygen atoms in total. The molecule has 1 heterocycles. The Morgan fingerprint density at radius 2 is 1.84 bits per heavy atom. The van der Waals surface area contributed by atoms with Gasteiger partial charge in [-0.05, 0) is 53.4 Å². The molecule has 0 bridgehead atoms. The molecule has 1 atom stereocenters. The lowest BCUT2D eigenvalue weighted by atomic mass is 10.2. The summed E-state index contributed by atoms with van der Waals surface area (Å²) >= 11 is 0. The van der Waals surface area contributed by atoms with Crippen LogP contribution < -0.4 is 10.6 Å². The predicted molar refractivity (Wildman–Crippen MR) is 105 cm³/mol. The first kappa shape index (κ1) is 22.2. The summed E-state index contributed by atoms with van der Waals surface area (Å²) in [6.07, 6.45) is 4.71. The van der Waals surface area contributed by atoms with Gasteiger partial charge in [0.05, 0.1) is 12.7 Å². The molecule has 0 spiro atoms. The monoisotopic (exact) mass is 356 g/mol. The van der Waals surface area contributed by atoms with Crippen molar-refractivity contribution in [2.75, 3.05) is 46.5 Å². The van der Waals surface area contributed by atoms with Crippen LogP contribution in [0.2, 0.25) is 0 Å². The van der Waals surface area contributed by atoms with E-state index in [1.54, 1.807) is 0 Å². The second-order valence-electron chi connectivity index (χ2n) is 7.27. The standard InChI is InChI=1S/C19H40N4O2/c1-16(2)23(17(3)4)12-7-10-21-19(20-5)22-11-8-13-24-15-18-9-6-14-25-18/h16-18H,6-15H2,1-5H3,(H2,20,21,22). The predicted octanol–water partition coefficient (Wildman–Crippen LogP) is 2.25. The van der Waals surface area contributed by atoms with E-state index in [0.717, 1.165) is 64.7 Å². The summed E-state index contributed by atoms with van der Waals surface area (Å²) in [7, 11) is 1.82. The molecular weight excluding hydrogens is 316 g/mol. The van der Waals surface area contributed by atoms with Gasteiger partial charge in [-0.2, -0.15) is 0 Å². The highest BCUT2D eigenvalue weighted by Gasteiger charge is 2.15. The zero-order valence-corrected chi connectivity index (χ0v) is 17.0. The fourth-order valence-corrected chi connectivity index (χ4v) is 3.17. The van der Waals surface area contributed by atoms with Gasteiger partial charge in [-0.3, -0.25) is 9.89 Å². The minimum Gasteiger partial charge on any atom is -0.379 e. The van der Waals surface area contributed by atoms with E-state index in [9.17, 15) is 0 Å². The fraction of sp³-hybridized carbons (Fsp3) is 0.947. The number of nitrogens with one attached hydrogen (secondary N) is 2. The fourth-order valence-electron chi connectivity index (χ4n) is 3.17. The lowest BCUT2D eigenvalue weighted by molar-refractivity contribution is 0.0168. The average molecular weight is 357 g/mol. The summed E-state index contributed by atoms with van der Waals surface area (Å²) in [4.78, 5) is 6.79. The minimum absolute atomic E-state index is 0.318. The Labute approximate surface area is 154 Å². The molecule has 148 valence electrons. The van der Waals surface area contributed by atoms with E-state index in [-0.39, 0.29) is 0 Å². The zero-order chi connectivity index (χ0) is 18.5. The van der Waals surface area contributed by atoms with Crippen LogP contribution in [0.15, 0.2) is 4.99 Å². The molecule has 1 unspecified atom stereocenters. The van der Waals surface area contributed by atoms with Gasteiger partial charge in [-0.15, -0.1) is 0 Å². The average Bonchev–Trinajstić information content (AvgIpc) is 3.08. The second-order valence-corrected chi connectivity index (χ2v) is 7.27. The van der Waals surface area contributed by atoms with Gasteiger partial charge in [-0.1, -0.05) is 0 Å². The number of nitrogens with zero attached hydrogens (tertiary/aromatic N) is 2. The van der Waals surface area contributed by atoms with Crippen LogP contribution in [-0.2, 0) is 9.47 Å². The Morgan fingerprint density at radius 1 is 1.16 bits per heavy atom. The largest absolute Gasteiger partial charge is 0.379 e. The molecule has 0 aromatic heterocycles. The Hall–Kier alpha value is -0.850. The number of rotatable bonds is 12. The van der Waals surface area contributed by atoms with Crippen molar-refractivity contribution in [3.63, 3.8) is 0 Å². The van der Waals surface area contributed by atoms with Crippen molar-refractivity contribution in [1.29, 1.82) is 0 Å². The Balaban J connectivity index is 2.02. The molecular formula is C19H40N4O2. The third-order valence-corrected chi connectivity index (χ3v) is 4.52. The summed E-state index contributed by atoms with van der Waals surface area (Å²) in [6.45, 7) is 14.3. The van der Waals surface area contributed by atoms with Crippen molar-refractivity contribution in [3.05, 3.63) is 0 Å². The van der Waals surface area contributed by atoms with E-state index < -0.39 is 0 Å². The van der Waals surface area contributed by atoms with Crippen LogP contribution in [0.4, 0.5) is 0 Å². The van der Waals surface area contributed by atoms with Gasteiger partial charge in [0.25, 0.3) is 0 Å². The first-order valence-corrected chi connectivity index (χ1v) is 9.94. The van der Waals surface area contributed by atoms with Gasteiger partial charge in [-0.25, -0.2) is 0 Å². The molecule has 0 aromatic carbocycles. The molecule has 25 heavy (non-hydrogen) atoms. The van der Waals surface area contributed by atoms with Gasteiger partial charge in [0.15, 0.2) is 5.96 Å². The van der Waals surface area contributed by atoms with Crippen molar-refractivity contribution in [3.8, 4) is 0 Å². The molecule has 1 aliphatic heterocycles. The van der Waals surface area contributed by atoms with Crippen molar-refractivity contribution >= 4 is 5.96 Å². The lowest BCUT2D eigenvalue weighted by Gasteiger charge is -2.30. The van der Waals surface area contributed by atoms with Crippen molar-refractivity contribution < 1.29 is 9.47 Å². The molecule has 0 saturated carbocycles. The molecule has 1 rings (SSSR count). The molecule has 1 saturated heterocycles. The third kappa shape index (κ3) is 10.0. The van der Waals surface area contributed by atoms with Gasteiger partial charge < -0.3 is 20.1 Å². The highest BCUT2D eigenvalue weighted by molar-refractivity contribution is 5.79. The first-order valence-electron chi connectivity index (χ1n) is 9.94. The summed E-state index contributed by atoms with van der Waals surface area (Å²) in [5, 5.41) is 6.74.